The average Bonchev–Trinajstić information content (AvgIpc) is 2.56. The number of carbonyl (C=O) groups is 1. The summed E-state index contributed by atoms with van der Waals surface area (Å²) in [6.45, 7) is 0.102. The van der Waals surface area contributed by atoms with Gasteiger partial charge in [0.25, 0.3) is 0 Å². The van der Waals surface area contributed by atoms with Gasteiger partial charge in [0, 0.05) is 13.0 Å². The van der Waals surface area contributed by atoms with Gasteiger partial charge in [-0.3, -0.25) is 4.90 Å². The summed E-state index contributed by atoms with van der Waals surface area (Å²) in [6.07, 6.45) is -1.74. The SMILES string of the molecule is O=C(O)N(CCC(F)F)C1C=CCO1. The highest BCUT2D eigenvalue weighted by Crippen LogP contribution is 2.12. The van der Waals surface area contributed by atoms with Crippen LogP contribution in [0, 0.1) is 0 Å². The first kappa shape index (κ1) is 10.9. The molecule has 14 heavy (non-hydrogen) atoms. The molecule has 0 spiro atoms. The lowest BCUT2D eigenvalue weighted by Gasteiger charge is -2.23. The molecule has 0 aromatic heterocycles. The zero-order valence-electron chi connectivity index (χ0n) is 7.40. The Morgan fingerprint density at radius 2 is 2.43 bits per heavy atom. The Morgan fingerprint density at radius 3 is 2.86 bits per heavy atom. The largest absolute Gasteiger partial charge is 0.465 e. The molecule has 0 aromatic carbocycles. The summed E-state index contributed by atoms with van der Waals surface area (Å²) in [5, 5.41) is 8.71. The molecule has 0 aromatic rings. The molecule has 1 heterocycles. The Hall–Kier alpha value is -1.17. The van der Waals surface area contributed by atoms with E-state index in [1.807, 2.05) is 0 Å². The molecule has 0 fully saturated rings. The van der Waals surface area contributed by atoms with Crippen LogP contribution in [0.15, 0.2) is 12.2 Å². The summed E-state index contributed by atoms with van der Waals surface area (Å²) >= 11 is 0. The number of ether oxygens (including phenoxy) is 1. The lowest BCUT2D eigenvalue weighted by Crippen LogP contribution is -2.39. The predicted octanol–water partition coefficient (Wildman–Crippen LogP) is 1.53. The lowest BCUT2D eigenvalue weighted by atomic mass is 10.3. The van der Waals surface area contributed by atoms with E-state index in [0.29, 0.717) is 6.61 Å². The molecule has 1 unspecified atom stereocenters. The second kappa shape index (κ2) is 4.90. The van der Waals surface area contributed by atoms with E-state index in [-0.39, 0.29) is 6.54 Å². The van der Waals surface area contributed by atoms with Crippen molar-refractivity contribution >= 4 is 6.09 Å². The van der Waals surface area contributed by atoms with Crippen molar-refractivity contribution in [3.63, 3.8) is 0 Å². The van der Waals surface area contributed by atoms with Crippen molar-refractivity contribution in [1.29, 1.82) is 0 Å². The molecule has 0 saturated heterocycles. The van der Waals surface area contributed by atoms with Gasteiger partial charge in [-0.05, 0) is 6.08 Å². The minimum atomic E-state index is -2.50. The number of rotatable bonds is 4. The number of amides is 1. The van der Waals surface area contributed by atoms with Gasteiger partial charge in [0.2, 0.25) is 6.43 Å². The number of carboxylic acid groups (broad SMARTS) is 1. The van der Waals surface area contributed by atoms with E-state index in [1.165, 1.54) is 0 Å². The van der Waals surface area contributed by atoms with Gasteiger partial charge in [0.15, 0.2) is 6.23 Å². The highest BCUT2D eigenvalue weighted by molar-refractivity contribution is 5.65. The summed E-state index contributed by atoms with van der Waals surface area (Å²) in [7, 11) is 0. The van der Waals surface area contributed by atoms with Crippen molar-refractivity contribution < 1.29 is 23.4 Å². The maximum Gasteiger partial charge on any atom is 0.409 e. The van der Waals surface area contributed by atoms with Crippen molar-refractivity contribution in [2.24, 2.45) is 0 Å². The second-order valence-electron chi connectivity index (χ2n) is 2.81. The normalized spacial score (nSPS) is 20.4. The topological polar surface area (TPSA) is 49.8 Å². The summed E-state index contributed by atoms with van der Waals surface area (Å²) in [4.78, 5) is 11.5. The third kappa shape index (κ3) is 2.95. The summed E-state index contributed by atoms with van der Waals surface area (Å²) in [5.41, 5.74) is 0. The zero-order chi connectivity index (χ0) is 10.6. The first-order chi connectivity index (χ1) is 6.61. The standard InChI is InChI=1S/C8H11F2NO3/c9-6(10)3-4-11(8(12)13)7-2-1-5-14-7/h1-2,6-7H,3-5H2,(H,12,13). The Balaban J connectivity index is 2.46. The van der Waals surface area contributed by atoms with Gasteiger partial charge in [0.1, 0.15) is 0 Å². The Labute approximate surface area is 79.8 Å². The predicted molar refractivity (Wildman–Crippen MR) is 44.2 cm³/mol. The molecule has 0 saturated carbocycles. The first-order valence-corrected chi connectivity index (χ1v) is 4.17. The van der Waals surface area contributed by atoms with Crippen molar-refractivity contribution in [2.45, 2.75) is 19.1 Å². The van der Waals surface area contributed by atoms with Crippen LogP contribution < -0.4 is 0 Å². The van der Waals surface area contributed by atoms with Crippen molar-refractivity contribution in [2.75, 3.05) is 13.2 Å². The van der Waals surface area contributed by atoms with Crippen LogP contribution in [0.3, 0.4) is 0 Å². The summed E-state index contributed by atoms with van der Waals surface area (Å²) < 4.78 is 28.7. The molecule has 6 heteroatoms. The van der Waals surface area contributed by atoms with Gasteiger partial charge >= 0.3 is 6.09 Å². The van der Waals surface area contributed by atoms with E-state index in [4.69, 9.17) is 9.84 Å². The van der Waals surface area contributed by atoms with Gasteiger partial charge in [-0.2, -0.15) is 0 Å². The van der Waals surface area contributed by atoms with Crippen LogP contribution in [0.1, 0.15) is 6.42 Å². The molecule has 0 bridgehead atoms. The molecule has 1 N–H and O–H groups in total. The van der Waals surface area contributed by atoms with E-state index in [1.54, 1.807) is 12.2 Å². The minimum Gasteiger partial charge on any atom is -0.465 e. The minimum absolute atomic E-state index is 0.220. The van der Waals surface area contributed by atoms with E-state index < -0.39 is 25.2 Å². The van der Waals surface area contributed by atoms with Crippen LogP contribution in [-0.4, -0.2) is 41.9 Å². The van der Waals surface area contributed by atoms with Crippen molar-refractivity contribution in [1.82, 2.24) is 4.90 Å². The third-order valence-electron chi connectivity index (χ3n) is 1.81. The van der Waals surface area contributed by atoms with Gasteiger partial charge in [-0.25, -0.2) is 13.6 Å². The monoisotopic (exact) mass is 207 g/mol. The lowest BCUT2D eigenvalue weighted by molar-refractivity contribution is -0.00178. The first-order valence-electron chi connectivity index (χ1n) is 4.17. The molecule has 0 aliphatic carbocycles. The molecule has 0 radical (unpaired) electrons. The van der Waals surface area contributed by atoms with Crippen LogP contribution in [0.25, 0.3) is 0 Å². The van der Waals surface area contributed by atoms with Crippen molar-refractivity contribution in [3.8, 4) is 0 Å². The highest BCUT2D eigenvalue weighted by atomic mass is 19.3. The molecule has 1 atom stereocenters. The fourth-order valence-corrected chi connectivity index (χ4v) is 1.14. The van der Waals surface area contributed by atoms with Gasteiger partial charge < -0.3 is 9.84 Å². The number of halogens is 2. The molecule has 1 rings (SSSR count). The van der Waals surface area contributed by atoms with Crippen LogP contribution in [-0.2, 0) is 4.74 Å². The maximum absolute atomic E-state index is 11.9. The van der Waals surface area contributed by atoms with Crippen LogP contribution >= 0.6 is 0 Å². The number of alkyl halides is 2. The van der Waals surface area contributed by atoms with E-state index in [0.717, 1.165) is 4.90 Å². The van der Waals surface area contributed by atoms with Crippen LogP contribution in [0.2, 0.25) is 0 Å². The molecular weight excluding hydrogens is 196 g/mol. The molecule has 80 valence electrons. The molecule has 1 aliphatic rings. The number of hydrogen-bond acceptors (Lipinski definition) is 2. The fourth-order valence-electron chi connectivity index (χ4n) is 1.14. The van der Waals surface area contributed by atoms with Gasteiger partial charge in [0.05, 0.1) is 6.61 Å². The molecule has 1 aliphatic heterocycles. The summed E-state index contributed by atoms with van der Waals surface area (Å²) in [6, 6.07) is 0. The maximum atomic E-state index is 11.9. The molecule has 4 nitrogen and oxygen atoms in total. The van der Waals surface area contributed by atoms with Gasteiger partial charge in [-0.15, -0.1) is 0 Å². The number of nitrogens with zero attached hydrogens (tertiary/aromatic N) is 1. The van der Waals surface area contributed by atoms with E-state index >= 15 is 0 Å². The molecular formula is C8H11F2NO3. The average molecular weight is 207 g/mol. The second-order valence-corrected chi connectivity index (χ2v) is 2.81. The van der Waals surface area contributed by atoms with Crippen LogP contribution in [0.5, 0.6) is 0 Å². The van der Waals surface area contributed by atoms with Gasteiger partial charge in [-0.1, -0.05) is 6.08 Å². The van der Waals surface area contributed by atoms with Crippen molar-refractivity contribution in [3.05, 3.63) is 12.2 Å². The quantitative estimate of drug-likeness (QED) is 0.711. The Morgan fingerprint density at radius 1 is 1.71 bits per heavy atom. The Bertz CT molecular complexity index is 233. The Kier molecular flexibility index (Phi) is 3.82. The summed E-state index contributed by atoms with van der Waals surface area (Å²) in [5.74, 6) is 0. The van der Waals surface area contributed by atoms with E-state index in [9.17, 15) is 13.6 Å². The zero-order valence-corrected chi connectivity index (χ0v) is 7.40. The smallest absolute Gasteiger partial charge is 0.409 e. The molecule has 1 amide bonds. The van der Waals surface area contributed by atoms with E-state index in [2.05, 4.69) is 0 Å². The number of hydrogen-bond donors (Lipinski definition) is 1. The highest BCUT2D eigenvalue weighted by Gasteiger charge is 2.24. The third-order valence-corrected chi connectivity index (χ3v) is 1.81. The van der Waals surface area contributed by atoms with Crippen LogP contribution in [0.4, 0.5) is 13.6 Å². The fraction of sp³-hybridized carbons (Fsp3) is 0.625.